The van der Waals surface area contributed by atoms with E-state index >= 15 is 0 Å². The number of phenolic OH excluding ortho intramolecular Hbond substituents is 1. The lowest BCUT2D eigenvalue weighted by Crippen LogP contribution is -2.15. The molecule has 0 saturated carbocycles. The molecule has 0 bridgehead atoms. The molecule has 2 aromatic carbocycles. The third-order valence-corrected chi connectivity index (χ3v) is 3.81. The molecule has 1 heterocycles. The minimum absolute atomic E-state index is 0.0186. The van der Waals surface area contributed by atoms with Gasteiger partial charge in [-0.05, 0) is 30.5 Å². The minimum Gasteiger partial charge on any atom is -0.507 e. The summed E-state index contributed by atoms with van der Waals surface area (Å²) in [5.41, 5.74) is 1.95. The average molecular weight is 286 g/mol. The monoisotopic (exact) mass is 286 g/mol. The highest BCUT2D eigenvalue weighted by molar-refractivity contribution is 5.51. The van der Waals surface area contributed by atoms with Crippen molar-refractivity contribution in [3.63, 3.8) is 0 Å². The Balaban J connectivity index is 1.87. The first-order chi connectivity index (χ1) is 10.2. The minimum atomic E-state index is -0.0186. The van der Waals surface area contributed by atoms with Crippen LogP contribution in [0.2, 0.25) is 0 Å². The first-order valence-electron chi connectivity index (χ1n) is 6.91. The summed E-state index contributed by atoms with van der Waals surface area (Å²) >= 11 is 0. The van der Waals surface area contributed by atoms with Crippen molar-refractivity contribution in [2.24, 2.45) is 0 Å². The normalized spacial score (nSPS) is 16.8. The molecule has 0 aromatic heterocycles. The van der Waals surface area contributed by atoms with Crippen LogP contribution >= 0.6 is 0 Å². The number of hydrogen-bond acceptors (Lipinski definition) is 4. The van der Waals surface area contributed by atoms with Gasteiger partial charge in [0, 0.05) is 17.7 Å². The molecule has 0 aliphatic carbocycles. The number of fused-ring (bicyclic) bond motifs is 1. The molecule has 0 spiro atoms. The highest BCUT2D eigenvalue weighted by Gasteiger charge is 2.24. The first kappa shape index (κ1) is 13.6. The van der Waals surface area contributed by atoms with Gasteiger partial charge in [-0.1, -0.05) is 12.1 Å². The fourth-order valence-corrected chi connectivity index (χ4v) is 2.62. The predicted octanol–water partition coefficient (Wildman–Crippen LogP) is 3.48. The summed E-state index contributed by atoms with van der Waals surface area (Å²) in [7, 11) is 3.22. The molecule has 1 aliphatic heterocycles. The quantitative estimate of drug-likeness (QED) is 0.938. The standard InChI is InChI=1S/C17H18O4/c1-19-12-5-3-11(4-6-12)16-8-7-14-15(18)9-13(20-2)10-17(14)21-16/h3-6,9-10,16,18H,7-8H2,1-2H3. The van der Waals surface area contributed by atoms with E-state index in [0.717, 1.165) is 29.7 Å². The molecule has 0 fully saturated rings. The van der Waals surface area contributed by atoms with Crippen molar-refractivity contribution < 1.29 is 19.3 Å². The average Bonchev–Trinajstić information content (AvgIpc) is 2.54. The SMILES string of the molecule is COc1ccc(C2CCc3c(O)cc(OC)cc3O2)cc1. The Bertz CT molecular complexity index is 634. The zero-order valence-corrected chi connectivity index (χ0v) is 12.1. The van der Waals surface area contributed by atoms with Crippen molar-refractivity contribution in [1.82, 2.24) is 0 Å². The highest BCUT2D eigenvalue weighted by Crippen LogP contribution is 2.41. The summed E-state index contributed by atoms with van der Waals surface area (Å²) in [5, 5.41) is 10.0. The summed E-state index contributed by atoms with van der Waals surface area (Å²) < 4.78 is 16.4. The van der Waals surface area contributed by atoms with Crippen LogP contribution in [-0.2, 0) is 6.42 Å². The van der Waals surface area contributed by atoms with Crippen molar-refractivity contribution >= 4 is 0 Å². The van der Waals surface area contributed by atoms with Crippen LogP contribution < -0.4 is 14.2 Å². The van der Waals surface area contributed by atoms with Gasteiger partial charge in [-0.25, -0.2) is 0 Å². The van der Waals surface area contributed by atoms with Gasteiger partial charge in [-0.2, -0.15) is 0 Å². The fraction of sp³-hybridized carbons (Fsp3) is 0.294. The predicted molar refractivity (Wildman–Crippen MR) is 79.3 cm³/mol. The molecule has 4 nitrogen and oxygen atoms in total. The number of benzene rings is 2. The Hall–Kier alpha value is -2.36. The Labute approximate surface area is 123 Å². The van der Waals surface area contributed by atoms with Crippen LogP contribution in [0.1, 0.15) is 23.7 Å². The van der Waals surface area contributed by atoms with Gasteiger partial charge in [0.2, 0.25) is 0 Å². The van der Waals surface area contributed by atoms with Crippen LogP contribution in [0.15, 0.2) is 36.4 Å². The number of aromatic hydroxyl groups is 1. The molecule has 0 radical (unpaired) electrons. The molecule has 4 heteroatoms. The van der Waals surface area contributed by atoms with Crippen molar-refractivity contribution in [2.75, 3.05) is 14.2 Å². The van der Waals surface area contributed by atoms with Crippen LogP contribution in [0, 0.1) is 0 Å². The Morgan fingerprint density at radius 3 is 2.43 bits per heavy atom. The van der Waals surface area contributed by atoms with Crippen LogP contribution in [-0.4, -0.2) is 19.3 Å². The van der Waals surface area contributed by atoms with Gasteiger partial charge in [-0.15, -0.1) is 0 Å². The Morgan fingerprint density at radius 1 is 1.05 bits per heavy atom. The lowest BCUT2D eigenvalue weighted by molar-refractivity contribution is 0.174. The first-order valence-corrected chi connectivity index (χ1v) is 6.91. The molecule has 1 aliphatic rings. The Kier molecular flexibility index (Phi) is 3.60. The van der Waals surface area contributed by atoms with E-state index in [0.29, 0.717) is 11.5 Å². The molecule has 1 unspecified atom stereocenters. The van der Waals surface area contributed by atoms with Crippen LogP contribution in [0.4, 0.5) is 0 Å². The van der Waals surface area contributed by atoms with Crippen LogP contribution in [0.5, 0.6) is 23.0 Å². The van der Waals surface area contributed by atoms with Gasteiger partial charge < -0.3 is 19.3 Å². The van der Waals surface area contributed by atoms with Gasteiger partial charge in [-0.3, -0.25) is 0 Å². The summed E-state index contributed by atoms with van der Waals surface area (Å²) in [4.78, 5) is 0. The van der Waals surface area contributed by atoms with E-state index in [1.165, 1.54) is 0 Å². The molecule has 3 rings (SSSR count). The van der Waals surface area contributed by atoms with Crippen LogP contribution in [0.3, 0.4) is 0 Å². The maximum absolute atomic E-state index is 10.0. The number of ether oxygens (including phenoxy) is 3. The number of phenols is 1. The summed E-state index contributed by atoms with van der Waals surface area (Å²) in [6.07, 6.45) is 1.59. The molecule has 110 valence electrons. The van der Waals surface area contributed by atoms with Gasteiger partial charge in [0.25, 0.3) is 0 Å². The van der Waals surface area contributed by atoms with Crippen molar-refractivity contribution in [3.05, 3.63) is 47.5 Å². The smallest absolute Gasteiger partial charge is 0.130 e. The molecule has 2 aromatic rings. The van der Waals surface area contributed by atoms with E-state index in [1.54, 1.807) is 20.3 Å². The maximum atomic E-state index is 10.0. The third-order valence-electron chi connectivity index (χ3n) is 3.81. The largest absolute Gasteiger partial charge is 0.507 e. The van der Waals surface area contributed by atoms with Gasteiger partial charge in [0.05, 0.1) is 14.2 Å². The second kappa shape index (κ2) is 5.56. The van der Waals surface area contributed by atoms with Crippen molar-refractivity contribution in [1.29, 1.82) is 0 Å². The molecule has 1 N–H and O–H groups in total. The fourth-order valence-electron chi connectivity index (χ4n) is 2.62. The topological polar surface area (TPSA) is 47.9 Å². The molecule has 21 heavy (non-hydrogen) atoms. The molecular weight excluding hydrogens is 268 g/mol. The van der Waals surface area contributed by atoms with Crippen molar-refractivity contribution in [3.8, 4) is 23.0 Å². The molecule has 0 amide bonds. The van der Waals surface area contributed by atoms with E-state index in [1.807, 2.05) is 30.3 Å². The van der Waals surface area contributed by atoms with Gasteiger partial charge in [0.1, 0.15) is 29.1 Å². The maximum Gasteiger partial charge on any atom is 0.130 e. The number of rotatable bonds is 3. The Morgan fingerprint density at radius 2 is 1.76 bits per heavy atom. The molecule has 0 saturated heterocycles. The van der Waals surface area contributed by atoms with E-state index in [2.05, 4.69) is 0 Å². The van der Waals surface area contributed by atoms with Crippen LogP contribution in [0.25, 0.3) is 0 Å². The van der Waals surface area contributed by atoms with E-state index in [-0.39, 0.29) is 11.9 Å². The molecule has 1 atom stereocenters. The van der Waals surface area contributed by atoms with Crippen molar-refractivity contribution in [2.45, 2.75) is 18.9 Å². The zero-order valence-electron chi connectivity index (χ0n) is 12.1. The third kappa shape index (κ3) is 2.61. The number of methoxy groups -OCH3 is 2. The summed E-state index contributed by atoms with van der Waals surface area (Å²) in [6, 6.07) is 11.3. The van der Waals surface area contributed by atoms with Gasteiger partial charge in [0.15, 0.2) is 0 Å². The second-order valence-corrected chi connectivity index (χ2v) is 5.04. The molecular formula is C17H18O4. The lowest BCUT2D eigenvalue weighted by atomic mass is 9.96. The summed E-state index contributed by atoms with van der Waals surface area (Å²) in [5.74, 6) is 2.35. The number of hydrogen-bond donors (Lipinski definition) is 1. The van der Waals surface area contributed by atoms with E-state index in [4.69, 9.17) is 14.2 Å². The lowest BCUT2D eigenvalue weighted by Gasteiger charge is -2.27. The second-order valence-electron chi connectivity index (χ2n) is 5.04. The van der Waals surface area contributed by atoms with Gasteiger partial charge >= 0.3 is 0 Å². The zero-order chi connectivity index (χ0) is 14.8. The summed E-state index contributed by atoms with van der Waals surface area (Å²) in [6.45, 7) is 0. The highest BCUT2D eigenvalue weighted by atomic mass is 16.5. The van der Waals surface area contributed by atoms with E-state index in [9.17, 15) is 5.11 Å². The van der Waals surface area contributed by atoms with E-state index < -0.39 is 0 Å².